The topological polar surface area (TPSA) is 71.5 Å². The van der Waals surface area contributed by atoms with Crippen LogP contribution in [0.25, 0.3) is 0 Å². The van der Waals surface area contributed by atoms with Gasteiger partial charge in [0.15, 0.2) is 0 Å². The van der Waals surface area contributed by atoms with E-state index in [1.807, 2.05) is 13.2 Å². The lowest BCUT2D eigenvalue weighted by atomic mass is 9.92. The van der Waals surface area contributed by atoms with Crippen LogP contribution >= 0.6 is 11.6 Å². The molecule has 2 aromatic rings. The number of aliphatic hydroxyl groups is 1. The van der Waals surface area contributed by atoms with Gasteiger partial charge < -0.3 is 14.4 Å². The van der Waals surface area contributed by atoms with Crippen LogP contribution in [-0.2, 0) is 7.05 Å². The highest BCUT2D eigenvalue weighted by Crippen LogP contribution is 2.33. The molecule has 0 spiro atoms. The lowest BCUT2D eigenvalue weighted by molar-refractivity contribution is 0.0781. The minimum absolute atomic E-state index is 0.00354. The zero-order valence-corrected chi connectivity index (χ0v) is 12.3. The van der Waals surface area contributed by atoms with Gasteiger partial charge in [0.2, 0.25) is 5.22 Å². The summed E-state index contributed by atoms with van der Waals surface area (Å²) in [7, 11) is 1.85. The molecule has 0 bridgehead atoms. The third-order valence-electron chi connectivity index (χ3n) is 3.96. The molecule has 21 heavy (non-hydrogen) atoms. The molecule has 112 valence electrons. The molecule has 0 aliphatic carbocycles. The molecular weight excluding hydrogens is 294 g/mol. The summed E-state index contributed by atoms with van der Waals surface area (Å²) in [5.41, 5.74) is 1.39. The van der Waals surface area contributed by atoms with Gasteiger partial charge in [0.25, 0.3) is 5.91 Å². The third-order valence-corrected chi connectivity index (χ3v) is 4.26. The molecule has 0 saturated carbocycles. The number of hydrogen-bond acceptors (Lipinski definition) is 4. The quantitative estimate of drug-likeness (QED) is 0.933. The molecule has 3 rings (SSSR count). The van der Waals surface area contributed by atoms with Gasteiger partial charge >= 0.3 is 0 Å². The van der Waals surface area contributed by atoms with E-state index in [0.29, 0.717) is 18.7 Å². The molecule has 0 unspecified atom stereocenters. The van der Waals surface area contributed by atoms with E-state index in [1.54, 1.807) is 21.8 Å². The predicted molar refractivity (Wildman–Crippen MR) is 76.1 cm³/mol. The van der Waals surface area contributed by atoms with Crippen LogP contribution in [0.2, 0.25) is 5.22 Å². The van der Waals surface area contributed by atoms with Gasteiger partial charge in [0.1, 0.15) is 0 Å². The minimum atomic E-state index is -0.168. The summed E-state index contributed by atoms with van der Waals surface area (Å²) < 4.78 is 6.69. The zero-order valence-electron chi connectivity index (χ0n) is 11.6. The summed E-state index contributed by atoms with van der Waals surface area (Å²) in [5.74, 6) is -0.0826. The second-order valence-electron chi connectivity index (χ2n) is 5.31. The van der Waals surface area contributed by atoms with Crippen LogP contribution in [0.1, 0.15) is 21.8 Å². The maximum Gasteiger partial charge on any atom is 0.258 e. The monoisotopic (exact) mass is 309 g/mol. The predicted octanol–water partition coefficient (Wildman–Crippen LogP) is 1.51. The number of rotatable bonds is 3. The maximum atomic E-state index is 12.5. The fraction of sp³-hybridized carbons (Fsp3) is 0.429. The van der Waals surface area contributed by atoms with Crippen LogP contribution in [0.3, 0.4) is 0 Å². The van der Waals surface area contributed by atoms with E-state index in [1.165, 1.54) is 6.26 Å². The van der Waals surface area contributed by atoms with Crippen LogP contribution in [0, 0.1) is 5.92 Å². The number of halogens is 1. The Kier molecular flexibility index (Phi) is 3.73. The number of hydrogen-bond donors (Lipinski definition) is 1. The summed E-state index contributed by atoms with van der Waals surface area (Å²) in [6.45, 7) is 1.07. The molecule has 1 saturated heterocycles. The van der Waals surface area contributed by atoms with E-state index in [4.69, 9.17) is 16.0 Å². The number of furan rings is 1. The fourth-order valence-corrected chi connectivity index (χ4v) is 3.04. The smallest absolute Gasteiger partial charge is 0.258 e. The molecule has 1 aliphatic heterocycles. The maximum absolute atomic E-state index is 12.5. The summed E-state index contributed by atoms with van der Waals surface area (Å²) in [4.78, 5) is 14.2. The van der Waals surface area contributed by atoms with Crippen molar-refractivity contribution in [3.8, 4) is 0 Å². The van der Waals surface area contributed by atoms with Gasteiger partial charge in [0, 0.05) is 44.8 Å². The first kappa shape index (κ1) is 14.2. The first-order valence-electron chi connectivity index (χ1n) is 6.71. The average molecular weight is 310 g/mol. The number of carbonyl (C=O) groups excluding carboxylic acids is 1. The lowest BCUT2D eigenvalue weighted by Crippen LogP contribution is -2.29. The second kappa shape index (κ2) is 5.54. The van der Waals surface area contributed by atoms with Crippen molar-refractivity contribution in [1.29, 1.82) is 0 Å². The van der Waals surface area contributed by atoms with Crippen LogP contribution < -0.4 is 0 Å². The molecule has 3 heterocycles. The number of amides is 1. The summed E-state index contributed by atoms with van der Waals surface area (Å²) in [6, 6.07) is 1.57. The second-order valence-corrected chi connectivity index (χ2v) is 5.66. The molecule has 1 N–H and O–H groups in total. The number of aromatic nitrogens is 2. The van der Waals surface area contributed by atoms with E-state index in [2.05, 4.69) is 5.10 Å². The standard InChI is InChI=1S/C14H16ClN3O3/c1-17-5-9(4-16-17)12-7-18(6-10(12)8-19)14(20)11-2-3-21-13(11)15/h2-5,10,12,19H,6-8H2,1H3/t10-,12-/m0/s1. The van der Waals surface area contributed by atoms with E-state index in [9.17, 15) is 9.90 Å². The first-order valence-corrected chi connectivity index (χ1v) is 7.09. The SMILES string of the molecule is Cn1cc([C@@H]2CN(C(=O)c3ccoc3Cl)C[C@H]2CO)cn1. The van der Waals surface area contributed by atoms with Crippen molar-refractivity contribution in [3.63, 3.8) is 0 Å². The molecule has 2 atom stereocenters. The van der Waals surface area contributed by atoms with Crippen molar-refractivity contribution >= 4 is 17.5 Å². The van der Waals surface area contributed by atoms with Gasteiger partial charge in [-0.2, -0.15) is 5.10 Å². The van der Waals surface area contributed by atoms with E-state index < -0.39 is 0 Å². The molecule has 1 aliphatic rings. The largest absolute Gasteiger partial charge is 0.452 e. The normalized spacial score (nSPS) is 22.0. The molecule has 0 radical (unpaired) electrons. The molecule has 1 fully saturated rings. The Morgan fingerprint density at radius 3 is 2.95 bits per heavy atom. The molecule has 7 heteroatoms. The van der Waals surface area contributed by atoms with Crippen molar-refractivity contribution in [2.24, 2.45) is 13.0 Å². The van der Waals surface area contributed by atoms with Gasteiger partial charge in [0.05, 0.1) is 18.0 Å². The highest BCUT2D eigenvalue weighted by atomic mass is 35.5. The first-order chi connectivity index (χ1) is 10.1. The Hall–Kier alpha value is -1.79. The van der Waals surface area contributed by atoms with Crippen molar-refractivity contribution in [2.45, 2.75) is 5.92 Å². The number of nitrogens with zero attached hydrogens (tertiary/aromatic N) is 3. The number of aryl methyl sites for hydroxylation is 1. The summed E-state index contributed by atoms with van der Waals surface area (Å²) in [6.07, 6.45) is 5.10. The van der Waals surface area contributed by atoms with E-state index in [-0.39, 0.29) is 29.6 Å². The fourth-order valence-electron chi connectivity index (χ4n) is 2.85. The Labute approximate surface area is 126 Å². The van der Waals surface area contributed by atoms with Gasteiger partial charge in [-0.25, -0.2) is 0 Å². The molecule has 1 amide bonds. The van der Waals surface area contributed by atoms with Crippen molar-refractivity contribution in [1.82, 2.24) is 14.7 Å². The van der Waals surface area contributed by atoms with E-state index in [0.717, 1.165) is 5.56 Å². The van der Waals surface area contributed by atoms with E-state index >= 15 is 0 Å². The number of likely N-dealkylation sites (tertiary alicyclic amines) is 1. The van der Waals surface area contributed by atoms with Crippen molar-refractivity contribution < 1.29 is 14.3 Å². The summed E-state index contributed by atoms with van der Waals surface area (Å²) >= 11 is 5.86. The Balaban J connectivity index is 1.81. The summed E-state index contributed by atoms with van der Waals surface area (Å²) in [5, 5.41) is 13.8. The van der Waals surface area contributed by atoms with Crippen LogP contribution in [0.4, 0.5) is 0 Å². The highest BCUT2D eigenvalue weighted by Gasteiger charge is 2.37. The third kappa shape index (κ3) is 2.56. The van der Waals surface area contributed by atoms with Crippen LogP contribution in [0.15, 0.2) is 29.1 Å². The molecule has 6 nitrogen and oxygen atoms in total. The molecular formula is C14H16ClN3O3. The zero-order chi connectivity index (χ0) is 15.0. The number of aliphatic hydroxyl groups excluding tert-OH is 1. The Morgan fingerprint density at radius 1 is 1.57 bits per heavy atom. The average Bonchev–Trinajstić information content (AvgIpc) is 3.16. The molecule has 0 aromatic carbocycles. The highest BCUT2D eigenvalue weighted by molar-refractivity contribution is 6.32. The van der Waals surface area contributed by atoms with Crippen LogP contribution in [-0.4, -0.2) is 45.4 Å². The van der Waals surface area contributed by atoms with Gasteiger partial charge in [-0.3, -0.25) is 9.48 Å². The number of carbonyl (C=O) groups is 1. The van der Waals surface area contributed by atoms with Crippen LogP contribution in [0.5, 0.6) is 0 Å². The minimum Gasteiger partial charge on any atom is -0.452 e. The molecule has 2 aromatic heterocycles. The lowest BCUT2D eigenvalue weighted by Gasteiger charge is -2.15. The van der Waals surface area contributed by atoms with Crippen molar-refractivity contribution in [3.05, 3.63) is 41.1 Å². The van der Waals surface area contributed by atoms with Gasteiger partial charge in [-0.15, -0.1) is 0 Å². The van der Waals surface area contributed by atoms with Crippen molar-refractivity contribution in [2.75, 3.05) is 19.7 Å². The Bertz CT molecular complexity index is 651. The Morgan fingerprint density at radius 2 is 2.38 bits per heavy atom. The van der Waals surface area contributed by atoms with Gasteiger partial charge in [-0.05, 0) is 23.2 Å². The van der Waals surface area contributed by atoms with Gasteiger partial charge in [-0.1, -0.05) is 0 Å².